The number of alkyl halides is 2. The molecule has 0 spiro atoms. The Balaban J connectivity index is 1.85. The van der Waals surface area contributed by atoms with Gasteiger partial charge in [-0.3, -0.25) is 4.79 Å². The van der Waals surface area contributed by atoms with E-state index in [1.807, 2.05) is 0 Å². The Kier molecular flexibility index (Phi) is 4.68. The average molecular weight is 270 g/mol. The topological polar surface area (TPSA) is 50.4 Å². The summed E-state index contributed by atoms with van der Waals surface area (Å²) in [4.78, 5) is 11.8. The molecule has 104 valence electrons. The number of para-hydroxylation sites is 1. The van der Waals surface area contributed by atoms with E-state index >= 15 is 0 Å². The maximum absolute atomic E-state index is 12.2. The van der Waals surface area contributed by atoms with Gasteiger partial charge in [0.15, 0.2) is 0 Å². The van der Waals surface area contributed by atoms with E-state index in [4.69, 9.17) is 0 Å². The number of hydrogen-bond acceptors (Lipinski definition) is 3. The van der Waals surface area contributed by atoms with Crippen LogP contribution >= 0.6 is 0 Å². The van der Waals surface area contributed by atoms with Crippen LogP contribution in [0, 0.1) is 0 Å². The number of halogens is 2. The fourth-order valence-corrected chi connectivity index (χ4v) is 1.69. The van der Waals surface area contributed by atoms with Crippen LogP contribution in [-0.4, -0.2) is 31.7 Å². The number of ether oxygens (including phenoxy) is 1. The molecule has 19 heavy (non-hydrogen) atoms. The molecule has 0 bridgehead atoms. The van der Waals surface area contributed by atoms with Crippen molar-refractivity contribution < 1.29 is 18.3 Å². The summed E-state index contributed by atoms with van der Waals surface area (Å²) >= 11 is 0. The van der Waals surface area contributed by atoms with Crippen molar-refractivity contribution in [2.45, 2.75) is 25.5 Å². The van der Waals surface area contributed by atoms with Crippen LogP contribution in [0.4, 0.5) is 8.78 Å². The summed E-state index contributed by atoms with van der Waals surface area (Å²) in [5.74, 6) is -0.515. The largest absolute Gasteiger partial charge is 0.434 e. The van der Waals surface area contributed by atoms with E-state index in [9.17, 15) is 13.6 Å². The first-order valence-corrected chi connectivity index (χ1v) is 6.22. The molecule has 0 atom stereocenters. The lowest BCUT2D eigenvalue weighted by molar-refractivity contribution is -0.0501. The number of carbonyl (C=O) groups excluding carboxylic acids is 1. The number of rotatable bonds is 7. The average Bonchev–Trinajstić information content (AvgIpc) is 3.18. The Hall–Kier alpha value is -1.69. The fraction of sp³-hybridized carbons (Fsp3) is 0.462. The highest BCUT2D eigenvalue weighted by atomic mass is 19.3. The zero-order chi connectivity index (χ0) is 13.7. The van der Waals surface area contributed by atoms with E-state index in [1.165, 1.54) is 25.0 Å². The van der Waals surface area contributed by atoms with Crippen LogP contribution in [-0.2, 0) is 0 Å². The summed E-state index contributed by atoms with van der Waals surface area (Å²) in [5.41, 5.74) is 0.120. The number of amides is 1. The molecule has 2 rings (SSSR count). The van der Waals surface area contributed by atoms with E-state index in [-0.39, 0.29) is 11.3 Å². The molecule has 1 aliphatic carbocycles. The van der Waals surface area contributed by atoms with Gasteiger partial charge in [-0.2, -0.15) is 8.78 Å². The van der Waals surface area contributed by atoms with E-state index in [2.05, 4.69) is 15.4 Å². The van der Waals surface area contributed by atoms with Gasteiger partial charge in [0.05, 0.1) is 5.56 Å². The quantitative estimate of drug-likeness (QED) is 0.742. The van der Waals surface area contributed by atoms with Gasteiger partial charge in [0, 0.05) is 19.1 Å². The zero-order valence-electron chi connectivity index (χ0n) is 10.4. The second-order valence-electron chi connectivity index (χ2n) is 4.36. The maximum atomic E-state index is 12.2. The molecular formula is C13H16F2N2O2. The Bertz CT molecular complexity index is 436. The summed E-state index contributed by atoms with van der Waals surface area (Å²) in [6.45, 7) is -1.81. The molecule has 0 saturated heterocycles. The minimum atomic E-state index is -2.94. The summed E-state index contributed by atoms with van der Waals surface area (Å²) in [6.07, 6.45) is 2.36. The van der Waals surface area contributed by atoms with Crippen molar-refractivity contribution in [3.8, 4) is 5.75 Å². The summed E-state index contributed by atoms with van der Waals surface area (Å²) < 4.78 is 28.7. The smallest absolute Gasteiger partial charge is 0.387 e. The summed E-state index contributed by atoms with van der Waals surface area (Å²) in [5, 5.41) is 5.91. The van der Waals surface area contributed by atoms with Crippen molar-refractivity contribution in [1.29, 1.82) is 0 Å². The van der Waals surface area contributed by atoms with Gasteiger partial charge in [-0.15, -0.1) is 0 Å². The van der Waals surface area contributed by atoms with Crippen molar-refractivity contribution in [1.82, 2.24) is 10.6 Å². The van der Waals surface area contributed by atoms with Crippen molar-refractivity contribution in [3.05, 3.63) is 29.8 Å². The van der Waals surface area contributed by atoms with Crippen molar-refractivity contribution in [2.24, 2.45) is 0 Å². The molecule has 0 radical (unpaired) electrons. The number of carbonyl (C=O) groups is 1. The standard InChI is InChI=1S/C13H16F2N2O2/c14-13(15)19-11-4-2-1-3-10(11)12(18)17-8-7-16-9-5-6-9/h1-4,9,13,16H,5-8H2,(H,17,18). The second-order valence-corrected chi connectivity index (χ2v) is 4.36. The first-order chi connectivity index (χ1) is 9.16. The molecule has 0 unspecified atom stereocenters. The van der Waals surface area contributed by atoms with E-state index in [0.29, 0.717) is 19.1 Å². The number of benzene rings is 1. The zero-order valence-corrected chi connectivity index (χ0v) is 10.4. The van der Waals surface area contributed by atoms with Gasteiger partial charge in [-0.25, -0.2) is 0 Å². The third-order valence-corrected chi connectivity index (χ3v) is 2.77. The van der Waals surface area contributed by atoms with Crippen LogP contribution < -0.4 is 15.4 Å². The number of nitrogens with one attached hydrogen (secondary N) is 2. The minimum Gasteiger partial charge on any atom is -0.434 e. The van der Waals surface area contributed by atoms with Gasteiger partial charge >= 0.3 is 6.61 Å². The molecule has 4 nitrogen and oxygen atoms in total. The lowest BCUT2D eigenvalue weighted by atomic mass is 10.2. The van der Waals surface area contributed by atoms with Crippen LogP contribution in [0.15, 0.2) is 24.3 Å². The first kappa shape index (κ1) is 13.7. The number of hydrogen-bond donors (Lipinski definition) is 2. The van der Waals surface area contributed by atoms with E-state index in [0.717, 1.165) is 0 Å². The van der Waals surface area contributed by atoms with Crippen molar-refractivity contribution in [2.75, 3.05) is 13.1 Å². The van der Waals surface area contributed by atoms with Gasteiger partial charge < -0.3 is 15.4 Å². The minimum absolute atomic E-state index is 0.106. The van der Waals surface area contributed by atoms with Gasteiger partial charge in [-0.1, -0.05) is 12.1 Å². The highest BCUT2D eigenvalue weighted by Gasteiger charge is 2.20. The van der Waals surface area contributed by atoms with E-state index < -0.39 is 12.5 Å². The summed E-state index contributed by atoms with van der Waals surface area (Å²) in [7, 11) is 0. The third kappa shape index (κ3) is 4.48. The lowest BCUT2D eigenvalue weighted by Gasteiger charge is -2.11. The maximum Gasteiger partial charge on any atom is 0.387 e. The SMILES string of the molecule is O=C(NCCNC1CC1)c1ccccc1OC(F)F. The highest BCUT2D eigenvalue weighted by Crippen LogP contribution is 2.20. The molecule has 1 amide bonds. The Morgan fingerprint density at radius 2 is 2.05 bits per heavy atom. The predicted octanol–water partition coefficient (Wildman–Crippen LogP) is 1.77. The normalized spacial score (nSPS) is 14.5. The molecule has 1 aromatic rings. The molecule has 0 aromatic heterocycles. The van der Waals surface area contributed by atoms with Gasteiger partial charge in [-0.05, 0) is 25.0 Å². The van der Waals surface area contributed by atoms with Crippen LogP contribution in [0.2, 0.25) is 0 Å². The van der Waals surface area contributed by atoms with Gasteiger partial charge in [0.2, 0.25) is 0 Å². The molecule has 1 aromatic carbocycles. The Morgan fingerprint density at radius 1 is 1.32 bits per heavy atom. The Morgan fingerprint density at radius 3 is 2.74 bits per heavy atom. The molecule has 1 saturated carbocycles. The van der Waals surface area contributed by atoms with Crippen LogP contribution in [0.25, 0.3) is 0 Å². The first-order valence-electron chi connectivity index (χ1n) is 6.22. The lowest BCUT2D eigenvalue weighted by Crippen LogP contribution is -2.32. The Labute approximate surface area is 110 Å². The molecule has 1 aliphatic rings. The van der Waals surface area contributed by atoms with Gasteiger partial charge in [0.25, 0.3) is 5.91 Å². The highest BCUT2D eigenvalue weighted by molar-refractivity contribution is 5.96. The van der Waals surface area contributed by atoms with Crippen LogP contribution in [0.1, 0.15) is 23.2 Å². The van der Waals surface area contributed by atoms with Crippen molar-refractivity contribution >= 4 is 5.91 Å². The molecule has 2 N–H and O–H groups in total. The molecule has 0 aliphatic heterocycles. The fourth-order valence-electron chi connectivity index (χ4n) is 1.69. The van der Waals surface area contributed by atoms with Crippen molar-refractivity contribution in [3.63, 3.8) is 0 Å². The van der Waals surface area contributed by atoms with Crippen LogP contribution in [0.3, 0.4) is 0 Å². The molecule has 6 heteroatoms. The van der Waals surface area contributed by atoms with E-state index in [1.54, 1.807) is 12.1 Å². The van der Waals surface area contributed by atoms with Gasteiger partial charge in [0.1, 0.15) is 5.75 Å². The monoisotopic (exact) mass is 270 g/mol. The summed E-state index contributed by atoms with van der Waals surface area (Å²) in [6, 6.07) is 6.54. The second kappa shape index (κ2) is 6.47. The third-order valence-electron chi connectivity index (χ3n) is 2.77. The molecule has 1 fully saturated rings. The molecular weight excluding hydrogens is 254 g/mol. The molecule has 0 heterocycles. The van der Waals surface area contributed by atoms with Crippen LogP contribution in [0.5, 0.6) is 5.75 Å². The predicted molar refractivity (Wildman–Crippen MR) is 66.4 cm³/mol.